The third kappa shape index (κ3) is 3.52. The third-order valence-corrected chi connectivity index (χ3v) is 4.98. The minimum Gasteiger partial charge on any atom is -0.342 e. The topological polar surface area (TPSA) is 46.3 Å². The van der Waals surface area contributed by atoms with Crippen LogP contribution in [0.5, 0.6) is 0 Å². The van der Waals surface area contributed by atoms with Gasteiger partial charge in [-0.2, -0.15) is 11.8 Å². The molecule has 100 valence electrons. The summed E-state index contributed by atoms with van der Waals surface area (Å²) < 4.78 is 0. The molecule has 17 heavy (non-hydrogen) atoms. The van der Waals surface area contributed by atoms with Gasteiger partial charge in [0.2, 0.25) is 5.91 Å². The van der Waals surface area contributed by atoms with Crippen LogP contribution >= 0.6 is 24.2 Å². The molecule has 0 aromatic rings. The number of nitrogens with two attached hydrogens (primary N) is 1. The molecule has 2 saturated heterocycles. The molecule has 0 aromatic carbocycles. The summed E-state index contributed by atoms with van der Waals surface area (Å²) in [6.45, 7) is 4.66. The van der Waals surface area contributed by atoms with Crippen LogP contribution in [0.15, 0.2) is 0 Å². The van der Waals surface area contributed by atoms with E-state index in [1.807, 2.05) is 16.7 Å². The van der Waals surface area contributed by atoms with Crippen molar-refractivity contribution in [3.8, 4) is 0 Å². The lowest BCUT2D eigenvalue weighted by molar-refractivity contribution is -0.135. The van der Waals surface area contributed by atoms with E-state index in [1.54, 1.807) is 0 Å². The summed E-state index contributed by atoms with van der Waals surface area (Å²) in [5.41, 5.74) is 5.93. The number of nitrogens with zero attached hydrogens (tertiary/aromatic N) is 1. The van der Waals surface area contributed by atoms with E-state index in [0.29, 0.717) is 18.4 Å². The van der Waals surface area contributed by atoms with Crippen molar-refractivity contribution in [3.05, 3.63) is 0 Å². The molecule has 5 heteroatoms. The predicted molar refractivity (Wildman–Crippen MR) is 75.7 cm³/mol. The van der Waals surface area contributed by atoms with Gasteiger partial charge in [0.05, 0.1) is 0 Å². The van der Waals surface area contributed by atoms with E-state index >= 15 is 0 Å². The van der Waals surface area contributed by atoms with Crippen molar-refractivity contribution in [3.63, 3.8) is 0 Å². The van der Waals surface area contributed by atoms with Crippen molar-refractivity contribution in [1.82, 2.24) is 4.90 Å². The summed E-state index contributed by atoms with van der Waals surface area (Å²) in [5, 5.41) is 0. The Hall–Kier alpha value is 0.0700. The van der Waals surface area contributed by atoms with Gasteiger partial charge in [-0.15, -0.1) is 12.4 Å². The molecule has 0 aliphatic carbocycles. The van der Waals surface area contributed by atoms with E-state index in [0.717, 1.165) is 43.9 Å². The molecular formula is C12H23ClN2OS. The number of rotatable bonds is 2. The number of likely N-dealkylation sites (tertiary alicyclic amines) is 1. The van der Waals surface area contributed by atoms with Crippen LogP contribution in [-0.4, -0.2) is 41.9 Å². The Balaban J connectivity index is 0.00000144. The lowest BCUT2D eigenvalue weighted by Crippen LogP contribution is -2.38. The maximum Gasteiger partial charge on any atom is 0.225 e. The van der Waals surface area contributed by atoms with Gasteiger partial charge in [-0.25, -0.2) is 0 Å². The van der Waals surface area contributed by atoms with Crippen LogP contribution in [0.1, 0.15) is 26.2 Å². The number of halogens is 1. The van der Waals surface area contributed by atoms with Crippen molar-refractivity contribution in [2.75, 3.05) is 31.1 Å². The minimum absolute atomic E-state index is 0. The van der Waals surface area contributed by atoms with Crippen molar-refractivity contribution in [2.24, 2.45) is 17.1 Å². The van der Waals surface area contributed by atoms with E-state index in [9.17, 15) is 4.79 Å². The summed E-state index contributed by atoms with van der Waals surface area (Å²) in [6.07, 6.45) is 3.20. The molecule has 1 unspecified atom stereocenters. The van der Waals surface area contributed by atoms with Crippen LogP contribution in [0.3, 0.4) is 0 Å². The van der Waals surface area contributed by atoms with Crippen molar-refractivity contribution in [1.29, 1.82) is 0 Å². The number of amides is 1. The lowest BCUT2D eigenvalue weighted by Gasteiger charge is -2.27. The molecule has 0 radical (unpaired) electrons. The summed E-state index contributed by atoms with van der Waals surface area (Å²) in [7, 11) is 0. The van der Waals surface area contributed by atoms with Crippen LogP contribution in [0.25, 0.3) is 0 Å². The number of thioether (sulfide) groups is 1. The first kappa shape index (κ1) is 15.1. The Kier molecular flexibility index (Phi) is 5.61. The molecule has 2 fully saturated rings. The zero-order valence-electron chi connectivity index (χ0n) is 10.5. The molecule has 3 nitrogen and oxygen atoms in total. The molecule has 0 bridgehead atoms. The van der Waals surface area contributed by atoms with Gasteiger partial charge in [-0.1, -0.05) is 6.92 Å². The Morgan fingerprint density at radius 3 is 2.65 bits per heavy atom. The maximum absolute atomic E-state index is 12.3. The van der Waals surface area contributed by atoms with Gasteiger partial charge in [-0.3, -0.25) is 4.79 Å². The van der Waals surface area contributed by atoms with Gasteiger partial charge in [0.15, 0.2) is 0 Å². The molecule has 0 spiro atoms. The normalized spacial score (nSPS) is 30.1. The molecule has 2 heterocycles. The molecule has 0 saturated carbocycles. The zero-order chi connectivity index (χ0) is 11.6. The fourth-order valence-electron chi connectivity index (χ4n) is 2.58. The molecule has 0 aromatic heterocycles. The van der Waals surface area contributed by atoms with Crippen LogP contribution < -0.4 is 5.73 Å². The SMILES string of the molecule is CC1(CN)CCN(C(=O)C2CCSCC2)C1.Cl. The number of carbonyl (C=O) groups excluding carboxylic acids is 1. The molecule has 2 aliphatic heterocycles. The van der Waals surface area contributed by atoms with Crippen LogP contribution in [0.2, 0.25) is 0 Å². The van der Waals surface area contributed by atoms with E-state index in [-0.39, 0.29) is 17.8 Å². The highest BCUT2D eigenvalue weighted by Gasteiger charge is 2.37. The van der Waals surface area contributed by atoms with Crippen molar-refractivity contribution in [2.45, 2.75) is 26.2 Å². The second kappa shape index (κ2) is 6.30. The van der Waals surface area contributed by atoms with Gasteiger partial charge >= 0.3 is 0 Å². The lowest BCUT2D eigenvalue weighted by atomic mass is 9.90. The zero-order valence-corrected chi connectivity index (χ0v) is 12.1. The molecule has 2 N–H and O–H groups in total. The van der Waals surface area contributed by atoms with E-state index < -0.39 is 0 Å². The third-order valence-electron chi connectivity index (χ3n) is 3.93. The summed E-state index contributed by atoms with van der Waals surface area (Å²) in [6, 6.07) is 0. The Morgan fingerprint density at radius 2 is 2.12 bits per heavy atom. The summed E-state index contributed by atoms with van der Waals surface area (Å²) >= 11 is 1.97. The highest BCUT2D eigenvalue weighted by Crippen LogP contribution is 2.32. The number of hydrogen-bond acceptors (Lipinski definition) is 3. The Bertz CT molecular complexity index is 271. The molecule has 2 aliphatic rings. The summed E-state index contributed by atoms with van der Waals surface area (Å²) in [5.74, 6) is 2.98. The standard InChI is InChI=1S/C12H22N2OS.ClH/c1-12(8-13)4-5-14(9-12)11(15)10-2-6-16-7-3-10;/h10H,2-9,13H2,1H3;1H. The Morgan fingerprint density at radius 1 is 1.47 bits per heavy atom. The first-order chi connectivity index (χ1) is 7.64. The average Bonchev–Trinajstić information content (AvgIpc) is 2.73. The maximum atomic E-state index is 12.3. The highest BCUT2D eigenvalue weighted by molar-refractivity contribution is 7.99. The van der Waals surface area contributed by atoms with Crippen molar-refractivity contribution >= 4 is 30.1 Å². The first-order valence-corrected chi connectivity index (χ1v) is 7.37. The minimum atomic E-state index is 0. The van der Waals surface area contributed by atoms with Gasteiger partial charge < -0.3 is 10.6 Å². The van der Waals surface area contributed by atoms with E-state index in [4.69, 9.17) is 5.73 Å². The fraction of sp³-hybridized carbons (Fsp3) is 0.917. The number of hydrogen-bond donors (Lipinski definition) is 1. The monoisotopic (exact) mass is 278 g/mol. The predicted octanol–water partition coefficient (Wildman–Crippen LogP) is 1.75. The van der Waals surface area contributed by atoms with Crippen LogP contribution in [-0.2, 0) is 4.79 Å². The summed E-state index contributed by atoms with van der Waals surface area (Å²) in [4.78, 5) is 14.3. The van der Waals surface area contributed by atoms with Gasteiger partial charge in [0.25, 0.3) is 0 Å². The van der Waals surface area contributed by atoms with Gasteiger partial charge in [-0.05, 0) is 42.7 Å². The first-order valence-electron chi connectivity index (χ1n) is 6.21. The molecule has 1 atom stereocenters. The van der Waals surface area contributed by atoms with Crippen LogP contribution in [0.4, 0.5) is 0 Å². The van der Waals surface area contributed by atoms with E-state index in [1.165, 1.54) is 0 Å². The highest BCUT2D eigenvalue weighted by atomic mass is 35.5. The second-order valence-electron chi connectivity index (χ2n) is 5.41. The van der Waals surface area contributed by atoms with Gasteiger partial charge in [0, 0.05) is 19.0 Å². The molecule has 2 rings (SSSR count). The second-order valence-corrected chi connectivity index (χ2v) is 6.64. The quantitative estimate of drug-likeness (QED) is 0.837. The molecular weight excluding hydrogens is 256 g/mol. The smallest absolute Gasteiger partial charge is 0.225 e. The average molecular weight is 279 g/mol. The Labute approximate surface area is 114 Å². The number of carbonyl (C=O) groups is 1. The van der Waals surface area contributed by atoms with Gasteiger partial charge in [0.1, 0.15) is 0 Å². The molecule has 1 amide bonds. The fourth-order valence-corrected chi connectivity index (χ4v) is 3.69. The van der Waals surface area contributed by atoms with E-state index in [2.05, 4.69) is 6.92 Å². The largest absolute Gasteiger partial charge is 0.342 e. The van der Waals surface area contributed by atoms with Crippen molar-refractivity contribution < 1.29 is 4.79 Å². The van der Waals surface area contributed by atoms with Crippen LogP contribution in [0, 0.1) is 11.3 Å².